The first-order chi connectivity index (χ1) is 11.4. The molecule has 2 heterocycles. The maximum atomic E-state index is 12.3. The summed E-state index contributed by atoms with van der Waals surface area (Å²) in [5.74, 6) is -0.238. The quantitative estimate of drug-likeness (QED) is 0.879. The minimum Gasteiger partial charge on any atom is -0.298 e. The molecule has 1 aromatic heterocycles. The molecule has 1 aliphatic heterocycles. The molecule has 6 nitrogen and oxygen atoms in total. The molecule has 9 heteroatoms. The average molecular weight is 386 g/mol. The molecule has 1 saturated heterocycles. The number of rotatable bonds is 3. The van der Waals surface area contributed by atoms with E-state index in [1.165, 1.54) is 27.8 Å². The van der Waals surface area contributed by atoms with E-state index in [-0.39, 0.29) is 22.2 Å². The Labute approximate surface area is 149 Å². The van der Waals surface area contributed by atoms with Gasteiger partial charge in [-0.15, -0.1) is 11.3 Å². The number of anilines is 2. The predicted octanol–water partition coefficient (Wildman–Crippen LogP) is 3.29. The summed E-state index contributed by atoms with van der Waals surface area (Å²) >= 11 is 7.54. The van der Waals surface area contributed by atoms with Crippen molar-refractivity contribution in [3.63, 3.8) is 0 Å². The van der Waals surface area contributed by atoms with Gasteiger partial charge in [-0.1, -0.05) is 11.6 Å². The van der Waals surface area contributed by atoms with Gasteiger partial charge in [0.15, 0.2) is 5.13 Å². The predicted molar refractivity (Wildman–Crippen MR) is 96.6 cm³/mol. The largest absolute Gasteiger partial charge is 0.298 e. The van der Waals surface area contributed by atoms with Gasteiger partial charge < -0.3 is 0 Å². The monoisotopic (exact) mass is 385 g/mol. The average Bonchev–Trinajstić information content (AvgIpc) is 2.91. The number of aryl methyl sites for hydroxylation is 1. The molecule has 1 aromatic carbocycles. The smallest absolute Gasteiger partial charge is 0.258 e. The zero-order chi connectivity index (χ0) is 17.3. The Kier molecular flexibility index (Phi) is 4.80. The lowest BCUT2D eigenvalue weighted by Crippen LogP contribution is -2.37. The fourth-order valence-electron chi connectivity index (χ4n) is 2.50. The molecule has 1 N–H and O–H groups in total. The van der Waals surface area contributed by atoms with Gasteiger partial charge in [-0.25, -0.2) is 13.4 Å². The first-order valence-corrected chi connectivity index (χ1v) is 10.3. The molecule has 128 valence electrons. The lowest BCUT2D eigenvalue weighted by molar-refractivity contribution is 0.102. The minimum atomic E-state index is -3.31. The highest BCUT2D eigenvalue weighted by Gasteiger charge is 2.26. The van der Waals surface area contributed by atoms with Crippen LogP contribution in [0.25, 0.3) is 0 Å². The number of carbonyl (C=O) groups is 1. The maximum Gasteiger partial charge on any atom is 0.258 e. The van der Waals surface area contributed by atoms with Crippen LogP contribution in [0, 0.1) is 6.92 Å². The minimum absolute atomic E-state index is 0.135. The second-order valence-corrected chi connectivity index (χ2v) is 8.79. The number of thiazole rings is 1. The molecule has 0 atom stereocenters. The number of amides is 1. The van der Waals surface area contributed by atoms with E-state index in [9.17, 15) is 13.2 Å². The molecule has 1 aliphatic rings. The Balaban J connectivity index is 1.83. The summed E-state index contributed by atoms with van der Waals surface area (Å²) in [6.07, 6.45) is 1.47. The molecule has 0 spiro atoms. The Morgan fingerprint density at radius 1 is 1.38 bits per heavy atom. The van der Waals surface area contributed by atoms with Crippen LogP contribution in [0.5, 0.6) is 0 Å². The van der Waals surface area contributed by atoms with Crippen molar-refractivity contribution in [3.05, 3.63) is 39.9 Å². The van der Waals surface area contributed by atoms with Gasteiger partial charge in [-0.3, -0.25) is 14.4 Å². The third-order valence-electron chi connectivity index (χ3n) is 3.67. The fraction of sp³-hybridized carbons (Fsp3) is 0.333. The number of aromatic nitrogens is 1. The number of halogens is 1. The van der Waals surface area contributed by atoms with E-state index in [0.29, 0.717) is 23.8 Å². The van der Waals surface area contributed by atoms with Gasteiger partial charge in [0.05, 0.1) is 27.7 Å². The van der Waals surface area contributed by atoms with Crippen LogP contribution in [0.4, 0.5) is 10.8 Å². The van der Waals surface area contributed by atoms with Crippen LogP contribution in [0.2, 0.25) is 5.02 Å². The number of nitrogens with one attached hydrogen (secondary N) is 1. The van der Waals surface area contributed by atoms with Gasteiger partial charge >= 0.3 is 0 Å². The number of nitrogens with zero attached hydrogens (tertiary/aromatic N) is 2. The van der Waals surface area contributed by atoms with E-state index in [4.69, 9.17) is 11.6 Å². The van der Waals surface area contributed by atoms with Crippen molar-refractivity contribution < 1.29 is 13.2 Å². The van der Waals surface area contributed by atoms with Crippen LogP contribution >= 0.6 is 22.9 Å². The molecule has 0 saturated carbocycles. The number of sulfonamides is 1. The highest BCUT2D eigenvalue weighted by atomic mass is 35.5. The highest BCUT2D eigenvalue weighted by Crippen LogP contribution is 2.29. The van der Waals surface area contributed by atoms with E-state index < -0.39 is 10.0 Å². The molecule has 1 amide bonds. The number of hydrogen-bond donors (Lipinski definition) is 1. The second kappa shape index (κ2) is 6.70. The second-order valence-electron chi connectivity index (χ2n) is 5.51. The van der Waals surface area contributed by atoms with Crippen molar-refractivity contribution in [2.45, 2.75) is 19.8 Å². The fourth-order valence-corrected chi connectivity index (χ4v) is 5.07. The van der Waals surface area contributed by atoms with Crippen molar-refractivity contribution in [3.8, 4) is 0 Å². The van der Waals surface area contributed by atoms with Crippen molar-refractivity contribution in [1.82, 2.24) is 4.98 Å². The third-order valence-corrected chi connectivity index (χ3v) is 6.73. The molecule has 0 aliphatic carbocycles. The van der Waals surface area contributed by atoms with Gasteiger partial charge in [-0.05, 0) is 38.0 Å². The van der Waals surface area contributed by atoms with E-state index >= 15 is 0 Å². The van der Waals surface area contributed by atoms with Crippen molar-refractivity contribution in [2.24, 2.45) is 0 Å². The van der Waals surface area contributed by atoms with Crippen molar-refractivity contribution in [1.29, 1.82) is 0 Å². The number of benzene rings is 1. The third kappa shape index (κ3) is 3.55. The summed E-state index contributed by atoms with van der Waals surface area (Å²) in [4.78, 5) is 16.5. The molecule has 24 heavy (non-hydrogen) atoms. The Morgan fingerprint density at radius 3 is 2.79 bits per heavy atom. The van der Waals surface area contributed by atoms with Crippen LogP contribution in [0.1, 0.15) is 28.9 Å². The Morgan fingerprint density at radius 2 is 2.17 bits per heavy atom. The van der Waals surface area contributed by atoms with Gasteiger partial charge in [0.1, 0.15) is 0 Å². The molecule has 1 fully saturated rings. The van der Waals surface area contributed by atoms with Crippen LogP contribution < -0.4 is 9.62 Å². The first kappa shape index (κ1) is 17.2. The summed E-state index contributed by atoms with van der Waals surface area (Å²) in [6.45, 7) is 2.27. The van der Waals surface area contributed by atoms with E-state index in [1.54, 1.807) is 6.07 Å². The van der Waals surface area contributed by atoms with E-state index in [0.717, 1.165) is 12.1 Å². The summed E-state index contributed by atoms with van der Waals surface area (Å²) < 4.78 is 25.7. The maximum absolute atomic E-state index is 12.3. The summed E-state index contributed by atoms with van der Waals surface area (Å²) in [7, 11) is -3.31. The summed E-state index contributed by atoms with van der Waals surface area (Å²) in [5, 5.41) is 5.23. The normalized spacial score (nSPS) is 16.8. The van der Waals surface area contributed by atoms with Gasteiger partial charge in [0.2, 0.25) is 10.0 Å². The van der Waals surface area contributed by atoms with Gasteiger partial charge in [0.25, 0.3) is 5.91 Å². The lowest BCUT2D eigenvalue weighted by atomic mass is 10.2. The Hall–Kier alpha value is -1.64. The molecule has 3 rings (SSSR count). The summed E-state index contributed by atoms with van der Waals surface area (Å²) in [6, 6.07) is 4.67. The van der Waals surface area contributed by atoms with Gasteiger partial charge in [-0.2, -0.15) is 0 Å². The van der Waals surface area contributed by atoms with Crippen molar-refractivity contribution in [2.75, 3.05) is 21.9 Å². The summed E-state index contributed by atoms with van der Waals surface area (Å²) in [5.41, 5.74) is 1.59. The first-order valence-electron chi connectivity index (χ1n) is 7.40. The standard InChI is InChI=1S/C15H16ClN3O3S2/c1-10-9-23-15(17-10)18-14(20)12-5-4-11(8-13(12)16)19-6-2-3-7-24(19,21)22/h4-5,8-9H,2-3,6-7H2,1H3,(H,17,18,20). The van der Waals surface area contributed by atoms with Gasteiger partial charge in [0, 0.05) is 11.9 Å². The highest BCUT2D eigenvalue weighted by molar-refractivity contribution is 7.92. The topological polar surface area (TPSA) is 79.4 Å². The van der Waals surface area contributed by atoms with E-state index in [1.807, 2.05) is 12.3 Å². The zero-order valence-electron chi connectivity index (χ0n) is 13.0. The Bertz CT molecular complexity index is 880. The molecule has 0 radical (unpaired) electrons. The lowest BCUT2D eigenvalue weighted by Gasteiger charge is -2.28. The van der Waals surface area contributed by atoms with Crippen LogP contribution in [0.15, 0.2) is 23.6 Å². The van der Waals surface area contributed by atoms with Crippen LogP contribution in [0.3, 0.4) is 0 Å². The number of carbonyl (C=O) groups excluding carboxylic acids is 1. The zero-order valence-corrected chi connectivity index (χ0v) is 15.3. The molecular formula is C15H16ClN3O3S2. The molecular weight excluding hydrogens is 370 g/mol. The number of hydrogen-bond acceptors (Lipinski definition) is 5. The van der Waals surface area contributed by atoms with Crippen molar-refractivity contribution >= 4 is 49.7 Å². The van der Waals surface area contributed by atoms with E-state index in [2.05, 4.69) is 10.3 Å². The molecule has 0 bridgehead atoms. The van der Waals surface area contributed by atoms with Crippen LogP contribution in [-0.2, 0) is 10.0 Å². The van der Waals surface area contributed by atoms with Crippen LogP contribution in [-0.4, -0.2) is 31.6 Å². The SMILES string of the molecule is Cc1csc(NC(=O)c2ccc(N3CCCCS3(=O)=O)cc2Cl)n1. The molecule has 2 aromatic rings. The molecule has 0 unspecified atom stereocenters.